The van der Waals surface area contributed by atoms with E-state index in [2.05, 4.69) is 13.2 Å². The second kappa shape index (κ2) is 6.87. The van der Waals surface area contributed by atoms with Crippen LogP contribution >= 0.6 is 0 Å². The van der Waals surface area contributed by atoms with Crippen molar-refractivity contribution in [2.24, 2.45) is 0 Å². The van der Waals surface area contributed by atoms with E-state index in [4.69, 9.17) is 5.11 Å². The number of carbonyl (C=O) groups excluding carboxylic acids is 2. The Balaban J connectivity index is 0.000000368. The van der Waals surface area contributed by atoms with Gasteiger partial charge in [0.25, 0.3) is 0 Å². The summed E-state index contributed by atoms with van der Waals surface area (Å²) in [6, 6.07) is 12.3. The van der Waals surface area contributed by atoms with E-state index in [0.717, 1.165) is 17.2 Å². The lowest BCUT2D eigenvalue weighted by molar-refractivity contribution is -0.131. The number of aliphatic carboxylic acids is 1. The minimum absolute atomic E-state index is 0.0848. The molecule has 120 valence electrons. The molecule has 2 aromatic carbocycles. The third-order valence-electron chi connectivity index (χ3n) is 3.59. The summed E-state index contributed by atoms with van der Waals surface area (Å²) in [7, 11) is 0. The van der Waals surface area contributed by atoms with Crippen LogP contribution in [-0.2, 0) is 4.79 Å². The third kappa shape index (κ3) is 3.22. The zero-order chi connectivity index (χ0) is 17.9. The van der Waals surface area contributed by atoms with E-state index in [1.54, 1.807) is 36.4 Å². The van der Waals surface area contributed by atoms with Gasteiger partial charge in [-0.3, -0.25) is 9.59 Å². The van der Waals surface area contributed by atoms with Crippen LogP contribution in [0.15, 0.2) is 61.7 Å². The van der Waals surface area contributed by atoms with Crippen molar-refractivity contribution in [3.63, 3.8) is 0 Å². The minimum atomic E-state index is -0.981. The zero-order valence-electron chi connectivity index (χ0n) is 13.2. The van der Waals surface area contributed by atoms with Gasteiger partial charge in [-0.1, -0.05) is 49.1 Å². The molecule has 0 atom stereocenters. The molecule has 0 radical (unpaired) electrons. The molecule has 0 fully saturated rings. The van der Waals surface area contributed by atoms with Gasteiger partial charge in [-0.15, -0.1) is 0 Å². The lowest BCUT2D eigenvalue weighted by atomic mass is 9.83. The lowest BCUT2D eigenvalue weighted by Crippen LogP contribution is -2.20. The number of fused-ring (bicyclic) bond motifs is 2. The SMILES string of the molecule is C=C(C)c1ccc2c(c1)C(=O)c1ccccc1C2=O.C=CC(=O)O. The Hall–Kier alpha value is -3.27. The van der Waals surface area contributed by atoms with Gasteiger partial charge in [-0.25, -0.2) is 4.79 Å². The maximum absolute atomic E-state index is 12.4. The van der Waals surface area contributed by atoms with E-state index in [1.807, 2.05) is 13.0 Å². The standard InChI is InChI=1S/C17H12O2.C3H4O2/c1-10(2)11-7-8-14-15(9-11)17(19)13-6-4-3-5-12(13)16(14)18;1-2-3(4)5/h3-9H,1H2,2H3;2H,1H2,(H,4,5). The van der Waals surface area contributed by atoms with Crippen LogP contribution in [0.3, 0.4) is 0 Å². The highest BCUT2D eigenvalue weighted by Gasteiger charge is 2.29. The second-order valence-corrected chi connectivity index (χ2v) is 5.29. The molecule has 1 aliphatic rings. The van der Waals surface area contributed by atoms with E-state index in [9.17, 15) is 14.4 Å². The predicted octanol–water partition coefficient (Wildman–Crippen LogP) is 3.75. The first-order valence-corrected chi connectivity index (χ1v) is 7.20. The van der Waals surface area contributed by atoms with Crippen molar-refractivity contribution < 1.29 is 19.5 Å². The van der Waals surface area contributed by atoms with E-state index in [1.165, 1.54) is 0 Å². The van der Waals surface area contributed by atoms with Crippen molar-refractivity contribution in [1.82, 2.24) is 0 Å². The summed E-state index contributed by atoms with van der Waals surface area (Å²) in [5.41, 5.74) is 3.70. The van der Waals surface area contributed by atoms with Crippen LogP contribution < -0.4 is 0 Å². The average Bonchev–Trinajstić information content (AvgIpc) is 2.59. The van der Waals surface area contributed by atoms with E-state index >= 15 is 0 Å². The number of carboxylic acid groups (broad SMARTS) is 1. The Morgan fingerprint density at radius 3 is 1.88 bits per heavy atom. The molecule has 0 amide bonds. The minimum Gasteiger partial charge on any atom is -0.478 e. The van der Waals surface area contributed by atoms with Crippen molar-refractivity contribution in [2.45, 2.75) is 6.92 Å². The van der Waals surface area contributed by atoms with Gasteiger partial charge in [-0.05, 0) is 24.6 Å². The fourth-order valence-corrected chi connectivity index (χ4v) is 2.36. The molecule has 0 saturated carbocycles. The largest absolute Gasteiger partial charge is 0.478 e. The third-order valence-corrected chi connectivity index (χ3v) is 3.59. The molecule has 1 aliphatic carbocycles. The molecule has 0 bridgehead atoms. The van der Waals surface area contributed by atoms with Crippen LogP contribution in [0, 0.1) is 0 Å². The molecule has 4 nitrogen and oxygen atoms in total. The number of hydrogen-bond acceptors (Lipinski definition) is 3. The topological polar surface area (TPSA) is 71.4 Å². The van der Waals surface area contributed by atoms with E-state index < -0.39 is 5.97 Å². The monoisotopic (exact) mass is 320 g/mol. The average molecular weight is 320 g/mol. The fraction of sp³-hybridized carbons (Fsp3) is 0.0500. The van der Waals surface area contributed by atoms with Gasteiger partial charge in [0.2, 0.25) is 0 Å². The van der Waals surface area contributed by atoms with Gasteiger partial charge in [0.15, 0.2) is 11.6 Å². The van der Waals surface area contributed by atoms with Gasteiger partial charge in [0.1, 0.15) is 0 Å². The van der Waals surface area contributed by atoms with Gasteiger partial charge >= 0.3 is 5.97 Å². The van der Waals surface area contributed by atoms with Crippen molar-refractivity contribution in [3.05, 3.63) is 89.5 Å². The van der Waals surface area contributed by atoms with Crippen LogP contribution in [0.5, 0.6) is 0 Å². The quantitative estimate of drug-likeness (QED) is 0.730. The van der Waals surface area contributed by atoms with Crippen LogP contribution in [-0.4, -0.2) is 22.6 Å². The van der Waals surface area contributed by atoms with E-state index in [-0.39, 0.29) is 11.6 Å². The zero-order valence-corrected chi connectivity index (χ0v) is 13.2. The molecule has 0 saturated heterocycles. The number of rotatable bonds is 2. The number of carbonyl (C=O) groups is 3. The Morgan fingerprint density at radius 2 is 1.42 bits per heavy atom. The first-order chi connectivity index (χ1) is 11.4. The summed E-state index contributed by atoms with van der Waals surface area (Å²) in [4.78, 5) is 34.1. The highest BCUT2D eigenvalue weighted by Crippen LogP contribution is 2.29. The number of hydrogen-bond donors (Lipinski definition) is 1. The van der Waals surface area contributed by atoms with Gasteiger partial charge in [-0.2, -0.15) is 0 Å². The summed E-state index contributed by atoms with van der Waals surface area (Å²) in [6.45, 7) is 8.71. The lowest BCUT2D eigenvalue weighted by Gasteiger charge is -2.18. The summed E-state index contributed by atoms with van der Waals surface area (Å²) >= 11 is 0. The first kappa shape index (κ1) is 17.1. The summed E-state index contributed by atoms with van der Waals surface area (Å²) in [5.74, 6) is -1.16. The number of allylic oxidation sites excluding steroid dienone is 1. The number of carboxylic acids is 1. The summed E-state index contributed by atoms with van der Waals surface area (Å²) < 4.78 is 0. The molecular weight excluding hydrogens is 304 g/mol. The second-order valence-electron chi connectivity index (χ2n) is 5.29. The van der Waals surface area contributed by atoms with E-state index in [0.29, 0.717) is 22.3 Å². The first-order valence-electron chi connectivity index (χ1n) is 7.20. The molecule has 24 heavy (non-hydrogen) atoms. The van der Waals surface area contributed by atoms with Crippen LogP contribution in [0.2, 0.25) is 0 Å². The highest BCUT2D eigenvalue weighted by molar-refractivity contribution is 6.28. The van der Waals surface area contributed by atoms with Crippen molar-refractivity contribution >= 4 is 23.1 Å². The molecule has 4 heteroatoms. The smallest absolute Gasteiger partial charge is 0.327 e. The van der Waals surface area contributed by atoms with Gasteiger partial charge < -0.3 is 5.11 Å². The van der Waals surface area contributed by atoms with Crippen molar-refractivity contribution in [2.75, 3.05) is 0 Å². The van der Waals surface area contributed by atoms with Gasteiger partial charge in [0.05, 0.1) is 0 Å². The Bertz CT molecular complexity index is 875. The summed E-state index contributed by atoms with van der Waals surface area (Å²) in [5, 5.41) is 7.60. The maximum atomic E-state index is 12.4. The molecule has 2 aromatic rings. The normalized spacial score (nSPS) is 11.5. The molecule has 0 unspecified atom stereocenters. The number of benzene rings is 2. The molecule has 0 spiro atoms. The van der Waals surface area contributed by atoms with Crippen LogP contribution in [0.25, 0.3) is 5.57 Å². The highest BCUT2D eigenvalue weighted by atomic mass is 16.4. The van der Waals surface area contributed by atoms with Crippen molar-refractivity contribution in [1.29, 1.82) is 0 Å². The van der Waals surface area contributed by atoms with Gasteiger partial charge in [0, 0.05) is 28.3 Å². The fourth-order valence-electron chi connectivity index (χ4n) is 2.36. The maximum Gasteiger partial charge on any atom is 0.327 e. The summed E-state index contributed by atoms with van der Waals surface area (Å²) in [6.07, 6.45) is 0.833. The van der Waals surface area contributed by atoms with Crippen LogP contribution in [0.1, 0.15) is 44.3 Å². The number of ketones is 2. The van der Waals surface area contributed by atoms with Crippen LogP contribution in [0.4, 0.5) is 0 Å². The van der Waals surface area contributed by atoms with Crippen molar-refractivity contribution in [3.8, 4) is 0 Å². The Kier molecular flexibility index (Phi) is 4.90. The predicted molar refractivity (Wildman–Crippen MR) is 92.3 cm³/mol. The molecule has 0 heterocycles. The molecule has 0 aromatic heterocycles. The Morgan fingerprint density at radius 1 is 0.958 bits per heavy atom. The molecule has 0 aliphatic heterocycles. The molecule has 1 N–H and O–H groups in total. The Labute approximate surface area is 139 Å². The molecular formula is C20H16O4. The molecule has 3 rings (SSSR count).